The molecule has 18 heavy (non-hydrogen) atoms. The maximum atomic E-state index is 11.5. The van der Waals surface area contributed by atoms with Gasteiger partial charge in [0.2, 0.25) is 0 Å². The highest BCUT2D eigenvalue weighted by Gasteiger charge is 2.12. The van der Waals surface area contributed by atoms with Crippen molar-refractivity contribution in [2.45, 2.75) is 13.8 Å². The SMILES string of the molecule is CCOC(=O)/C=C(/OCC)c1cnccc1OC. The zero-order valence-electron chi connectivity index (χ0n) is 10.8. The van der Waals surface area contributed by atoms with Gasteiger partial charge in [0.15, 0.2) is 0 Å². The standard InChI is InChI=1S/C13H17NO4/c1-4-17-12(8-13(15)18-5-2)10-9-14-7-6-11(10)16-3/h6-9H,4-5H2,1-3H3/b12-8+. The molecule has 98 valence electrons. The number of carbonyl (C=O) groups is 1. The zero-order valence-corrected chi connectivity index (χ0v) is 10.8. The van der Waals surface area contributed by atoms with Crippen molar-refractivity contribution in [3.8, 4) is 5.75 Å². The highest BCUT2D eigenvalue weighted by Crippen LogP contribution is 2.25. The van der Waals surface area contributed by atoms with Gasteiger partial charge in [-0.05, 0) is 19.9 Å². The number of methoxy groups -OCH3 is 1. The molecular formula is C13H17NO4. The van der Waals surface area contributed by atoms with Crippen molar-refractivity contribution in [2.75, 3.05) is 20.3 Å². The van der Waals surface area contributed by atoms with Crippen LogP contribution >= 0.6 is 0 Å². The van der Waals surface area contributed by atoms with Crippen molar-refractivity contribution in [2.24, 2.45) is 0 Å². The lowest BCUT2D eigenvalue weighted by Gasteiger charge is -2.11. The number of carbonyl (C=O) groups excluding carboxylic acids is 1. The smallest absolute Gasteiger partial charge is 0.334 e. The summed E-state index contributed by atoms with van der Waals surface area (Å²) in [4.78, 5) is 15.5. The molecule has 0 aliphatic rings. The summed E-state index contributed by atoms with van der Waals surface area (Å²) >= 11 is 0. The summed E-state index contributed by atoms with van der Waals surface area (Å²) in [7, 11) is 1.55. The number of nitrogens with zero attached hydrogens (tertiary/aromatic N) is 1. The van der Waals surface area contributed by atoms with Crippen LogP contribution in [0.4, 0.5) is 0 Å². The second kappa shape index (κ2) is 7.32. The Labute approximate surface area is 106 Å². The first-order valence-electron chi connectivity index (χ1n) is 5.72. The fourth-order valence-corrected chi connectivity index (χ4v) is 1.39. The van der Waals surface area contributed by atoms with Crippen LogP contribution in [0.2, 0.25) is 0 Å². The molecule has 0 aliphatic heterocycles. The van der Waals surface area contributed by atoms with E-state index in [4.69, 9.17) is 14.2 Å². The van der Waals surface area contributed by atoms with Crippen LogP contribution in [0.3, 0.4) is 0 Å². The Balaban J connectivity index is 3.07. The van der Waals surface area contributed by atoms with Gasteiger partial charge in [-0.2, -0.15) is 0 Å². The Hall–Kier alpha value is -2.04. The van der Waals surface area contributed by atoms with Crippen LogP contribution in [0.5, 0.6) is 5.75 Å². The molecule has 5 heteroatoms. The van der Waals surface area contributed by atoms with E-state index >= 15 is 0 Å². The quantitative estimate of drug-likeness (QED) is 0.440. The van der Waals surface area contributed by atoms with Crippen LogP contribution in [-0.2, 0) is 14.3 Å². The van der Waals surface area contributed by atoms with Gasteiger partial charge in [0.25, 0.3) is 0 Å². The average Bonchev–Trinajstić information content (AvgIpc) is 2.38. The summed E-state index contributed by atoms with van der Waals surface area (Å²) in [5, 5.41) is 0. The van der Waals surface area contributed by atoms with Gasteiger partial charge >= 0.3 is 5.97 Å². The second-order valence-electron chi connectivity index (χ2n) is 3.27. The minimum Gasteiger partial charge on any atom is -0.496 e. The maximum Gasteiger partial charge on any atom is 0.334 e. The lowest BCUT2D eigenvalue weighted by molar-refractivity contribution is -0.137. The number of pyridine rings is 1. The number of ether oxygens (including phenoxy) is 3. The zero-order chi connectivity index (χ0) is 13.4. The fourth-order valence-electron chi connectivity index (χ4n) is 1.39. The predicted octanol–water partition coefficient (Wildman–Crippen LogP) is 2.03. The molecule has 1 rings (SSSR count). The number of esters is 1. The maximum absolute atomic E-state index is 11.5. The van der Waals surface area contributed by atoms with Crippen molar-refractivity contribution in [1.82, 2.24) is 4.98 Å². The van der Waals surface area contributed by atoms with Crippen LogP contribution in [0.15, 0.2) is 24.5 Å². The minimum absolute atomic E-state index is 0.318. The summed E-state index contributed by atoms with van der Waals surface area (Å²) < 4.78 is 15.5. The molecule has 1 heterocycles. The normalized spacial score (nSPS) is 10.9. The van der Waals surface area contributed by atoms with E-state index in [2.05, 4.69) is 4.98 Å². The van der Waals surface area contributed by atoms with Crippen molar-refractivity contribution in [1.29, 1.82) is 0 Å². The summed E-state index contributed by atoms with van der Waals surface area (Å²) in [6.45, 7) is 4.33. The van der Waals surface area contributed by atoms with Gasteiger partial charge in [-0.3, -0.25) is 4.98 Å². The summed E-state index contributed by atoms with van der Waals surface area (Å²) in [6, 6.07) is 1.70. The third kappa shape index (κ3) is 3.76. The molecule has 1 aromatic heterocycles. The van der Waals surface area contributed by atoms with Crippen molar-refractivity contribution >= 4 is 11.7 Å². The summed E-state index contributed by atoms with van der Waals surface area (Å²) in [5.74, 6) is 0.529. The molecule has 0 N–H and O–H groups in total. The Morgan fingerprint density at radius 3 is 2.67 bits per heavy atom. The van der Waals surface area contributed by atoms with Gasteiger partial charge in [0.05, 0.1) is 32.0 Å². The molecule has 0 bridgehead atoms. The Bertz CT molecular complexity index is 429. The van der Waals surface area contributed by atoms with Gasteiger partial charge in [-0.1, -0.05) is 0 Å². The molecule has 0 saturated carbocycles. The first kappa shape index (κ1) is 14.0. The molecule has 0 radical (unpaired) electrons. The van der Waals surface area contributed by atoms with E-state index in [9.17, 15) is 4.79 Å². The van der Waals surface area contributed by atoms with Gasteiger partial charge < -0.3 is 14.2 Å². The third-order valence-electron chi connectivity index (χ3n) is 2.10. The Kier molecular flexibility index (Phi) is 5.70. The molecule has 0 atom stereocenters. The molecule has 1 aromatic rings. The molecule has 0 amide bonds. The van der Waals surface area contributed by atoms with Gasteiger partial charge in [-0.15, -0.1) is 0 Å². The lowest BCUT2D eigenvalue weighted by Crippen LogP contribution is -2.04. The topological polar surface area (TPSA) is 57.7 Å². The molecule has 0 aromatic carbocycles. The number of rotatable bonds is 6. The van der Waals surface area contributed by atoms with E-state index in [-0.39, 0.29) is 0 Å². The molecule has 0 spiro atoms. The van der Waals surface area contributed by atoms with E-state index in [1.807, 2.05) is 6.92 Å². The number of hydrogen-bond acceptors (Lipinski definition) is 5. The van der Waals surface area contributed by atoms with Crippen LogP contribution in [0.1, 0.15) is 19.4 Å². The van der Waals surface area contributed by atoms with Crippen molar-refractivity contribution in [3.63, 3.8) is 0 Å². The molecule has 0 unspecified atom stereocenters. The van der Waals surface area contributed by atoms with E-state index in [0.29, 0.717) is 30.3 Å². The van der Waals surface area contributed by atoms with Crippen molar-refractivity contribution in [3.05, 3.63) is 30.1 Å². The van der Waals surface area contributed by atoms with Gasteiger partial charge in [-0.25, -0.2) is 4.79 Å². The Morgan fingerprint density at radius 2 is 2.06 bits per heavy atom. The van der Waals surface area contributed by atoms with Crippen LogP contribution in [-0.4, -0.2) is 31.3 Å². The molecule has 0 saturated heterocycles. The first-order chi connectivity index (χ1) is 8.72. The fraction of sp³-hybridized carbons (Fsp3) is 0.385. The summed E-state index contributed by atoms with van der Waals surface area (Å²) in [6.07, 6.45) is 4.49. The number of hydrogen-bond donors (Lipinski definition) is 0. The van der Waals surface area contributed by atoms with Crippen LogP contribution in [0.25, 0.3) is 5.76 Å². The Morgan fingerprint density at radius 1 is 1.33 bits per heavy atom. The summed E-state index contributed by atoms with van der Waals surface area (Å²) in [5.41, 5.74) is 0.620. The lowest BCUT2D eigenvalue weighted by atomic mass is 10.2. The van der Waals surface area contributed by atoms with E-state index in [0.717, 1.165) is 0 Å². The monoisotopic (exact) mass is 251 g/mol. The first-order valence-corrected chi connectivity index (χ1v) is 5.72. The average molecular weight is 251 g/mol. The second-order valence-corrected chi connectivity index (χ2v) is 3.27. The van der Waals surface area contributed by atoms with E-state index in [1.165, 1.54) is 6.08 Å². The van der Waals surface area contributed by atoms with Crippen molar-refractivity contribution < 1.29 is 19.0 Å². The number of aromatic nitrogens is 1. The van der Waals surface area contributed by atoms with E-state index in [1.54, 1.807) is 32.5 Å². The molecule has 0 aliphatic carbocycles. The van der Waals surface area contributed by atoms with E-state index < -0.39 is 5.97 Å². The van der Waals surface area contributed by atoms with Gasteiger partial charge in [0.1, 0.15) is 11.5 Å². The third-order valence-corrected chi connectivity index (χ3v) is 2.10. The minimum atomic E-state index is -0.452. The van der Waals surface area contributed by atoms with Crippen LogP contribution < -0.4 is 4.74 Å². The van der Waals surface area contributed by atoms with Crippen LogP contribution in [0, 0.1) is 0 Å². The largest absolute Gasteiger partial charge is 0.496 e. The molecular weight excluding hydrogens is 234 g/mol. The predicted molar refractivity (Wildman–Crippen MR) is 67.0 cm³/mol. The highest BCUT2D eigenvalue weighted by molar-refractivity contribution is 5.90. The molecule has 5 nitrogen and oxygen atoms in total. The van der Waals surface area contributed by atoms with Gasteiger partial charge in [0, 0.05) is 12.4 Å². The molecule has 0 fully saturated rings. The highest BCUT2D eigenvalue weighted by atomic mass is 16.5.